The fraction of sp³-hybridized carbons (Fsp3) is 0.600. The van der Waals surface area contributed by atoms with Crippen LogP contribution in [-0.2, 0) is 14.3 Å². The minimum absolute atomic E-state index is 0.266. The number of carbonyl (C=O) groups excluding carboxylic acids is 2. The summed E-state index contributed by atoms with van der Waals surface area (Å²) in [6.07, 6.45) is 0.211. The van der Waals surface area contributed by atoms with Crippen molar-refractivity contribution in [2.75, 3.05) is 6.61 Å². The summed E-state index contributed by atoms with van der Waals surface area (Å²) in [5.41, 5.74) is 1.68. The van der Waals surface area contributed by atoms with Crippen LogP contribution in [0.1, 0.15) is 69.8 Å². The smallest absolute Gasteiger partial charge is 0.347 e. The summed E-state index contributed by atoms with van der Waals surface area (Å²) in [7, 11) is 0. The number of benzene rings is 1. The Kier molecular flexibility index (Phi) is 7.96. The van der Waals surface area contributed by atoms with E-state index in [1.54, 1.807) is 19.1 Å². The molecule has 0 N–H and O–H groups in total. The lowest BCUT2D eigenvalue weighted by molar-refractivity contribution is -0.152. The number of rotatable bonds is 8. The van der Waals surface area contributed by atoms with Crippen molar-refractivity contribution in [2.24, 2.45) is 11.8 Å². The molecule has 0 aliphatic heterocycles. The molecule has 0 heterocycles. The third-order valence-electron chi connectivity index (χ3n) is 4.01. The van der Waals surface area contributed by atoms with Gasteiger partial charge in [0.25, 0.3) is 0 Å². The molecule has 4 nitrogen and oxygen atoms in total. The molecule has 0 fully saturated rings. The van der Waals surface area contributed by atoms with Crippen molar-refractivity contribution >= 4 is 11.9 Å². The first-order valence-electron chi connectivity index (χ1n) is 8.73. The summed E-state index contributed by atoms with van der Waals surface area (Å²) in [5, 5.41) is 0. The van der Waals surface area contributed by atoms with Crippen LogP contribution in [0.3, 0.4) is 0 Å². The summed E-state index contributed by atoms with van der Waals surface area (Å²) < 4.78 is 9.99. The minimum Gasteiger partial charge on any atom is -0.463 e. The van der Waals surface area contributed by atoms with Crippen LogP contribution in [0.25, 0.3) is 0 Å². The van der Waals surface area contributed by atoms with Gasteiger partial charge in [-0.3, -0.25) is 0 Å². The standard InChI is InChI=1S/C20H30O4/c1-7-23-19(21)15(6)24-20(22)17-10-8-16(9-11-17)18(14(4)5)12-13(2)3/h8-11,13-15,18H,7,12H2,1-6H3. The lowest BCUT2D eigenvalue weighted by Crippen LogP contribution is -2.26. The van der Waals surface area contributed by atoms with Gasteiger partial charge in [-0.1, -0.05) is 39.8 Å². The molecule has 0 radical (unpaired) electrons. The van der Waals surface area contributed by atoms with E-state index in [9.17, 15) is 9.59 Å². The van der Waals surface area contributed by atoms with Crippen molar-refractivity contribution in [3.63, 3.8) is 0 Å². The Labute approximate surface area is 145 Å². The number of hydrogen-bond donors (Lipinski definition) is 0. The van der Waals surface area contributed by atoms with Gasteiger partial charge in [0.15, 0.2) is 6.10 Å². The lowest BCUT2D eigenvalue weighted by Gasteiger charge is -2.23. The second kappa shape index (κ2) is 9.45. The van der Waals surface area contributed by atoms with E-state index in [-0.39, 0.29) is 6.61 Å². The highest BCUT2D eigenvalue weighted by Gasteiger charge is 2.21. The molecule has 0 aromatic heterocycles. The van der Waals surface area contributed by atoms with Crippen molar-refractivity contribution < 1.29 is 19.1 Å². The van der Waals surface area contributed by atoms with Gasteiger partial charge in [0.1, 0.15) is 0 Å². The average molecular weight is 334 g/mol. The van der Waals surface area contributed by atoms with Crippen LogP contribution in [0.4, 0.5) is 0 Å². The zero-order chi connectivity index (χ0) is 18.3. The zero-order valence-electron chi connectivity index (χ0n) is 15.7. The van der Waals surface area contributed by atoms with E-state index in [4.69, 9.17) is 9.47 Å². The number of carbonyl (C=O) groups is 2. The van der Waals surface area contributed by atoms with Crippen LogP contribution in [-0.4, -0.2) is 24.6 Å². The Morgan fingerprint density at radius 3 is 2.04 bits per heavy atom. The van der Waals surface area contributed by atoms with E-state index < -0.39 is 18.0 Å². The second-order valence-corrected chi connectivity index (χ2v) is 6.90. The van der Waals surface area contributed by atoms with E-state index in [1.165, 1.54) is 12.5 Å². The van der Waals surface area contributed by atoms with Crippen LogP contribution in [0.2, 0.25) is 0 Å². The van der Waals surface area contributed by atoms with Gasteiger partial charge >= 0.3 is 11.9 Å². The third kappa shape index (κ3) is 5.99. The van der Waals surface area contributed by atoms with Crippen molar-refractivity contribution in [1.29, 1.82) is 0 Å². The fourth-order valence-electron chi connectivity index (χ4n) is 2.70. The minimum atomic E-state index is -0.901. The molecule has 0 spiro atoms. The van der Waals surface area contributed by atoms with Gasteiger partial charge in [0, 0.05) is 0 Å². The Morgan fingerprint density at radius 2 is 1.58 bits per heavy atom. The molecular weight excluding hydrogens is 304 g/mol. The number of esters is 2. The average Bonchev–Trinajstić information content (AvgIpc) is 2.52. The zero-order valence-corrected chi connectivity index (χ0v) is 15.7. The first kappa shape index (κ1) is 20.2. The first-order valence-corrected chi connectivity index (χ1v) is 8.73. The highest BCUT2D eigenvalue weighted by atomic mass is 16.6. The number of hydrogen-bond acceptors (Lipinski definition) is 4. The van der Waals surface area contributed by atoms with E-state index in [1.807, 2.05) is 12.1 Å². The molecule has 0 aliphatic rings. The molecule has 0 saturated carbocycles. The largest absolute Gasteiger partial charge is 0.463 e. The molecule has 0 aliphatic carbocycles. The highest BCUT2D eigenvalue weighted by molar-refractivity contribution is 5.91. The Balaban J connectivity index is 2.78. The van der Waals surface area contributed by atoms with Gasteiger partial charge < -0.3 is 9.47 Å². The van der Waals surface area contributed by atoms with E-state index >= 15 is 0 Å². The van der Waals surface area contributed by atoms with Gasteiger partial charge in [-0.15, -0.1) is 0 Å². The van der Waals surface area contributed by atoms with Gasteiger partial charge in [-0.25, -0.2) is 9.59 Å². The topological polar surface area (TPSA) is 52.6 Å². The fourth-order valence-corrected chi connectivity index (χ4v) is 2.70. The number of ether oxygens (including phenoxy) is 2. The molecule has 24 heavy (non-hydrogen) atoms. The van der Waals surface area contributed by atoms with Crippen molar-refractivity contribution in [3.05, 3.63) is 35.4 Å². The molecule has 1 aromatic rings. The predicted octanol–water partition coefficient (Wildman–Crippen LogP) is 4.58. The molecule has 2 unspecified atom stereocenters. The summed E-state index contributed by atoms with van der Waals surface area (Å²) >= 11 is 0. The highest BCUT2D eigenvalue weighted by Crippen LogP contribution is 2.31. The third-order valence-corrected chi connectivity index (χ3v) is 4.01. The van der Waals surface area contributed by atoms with Gasteiger partial charge in [-0.2, -0.15) is 0 Å². The van der Waals surface area contributed by atoms with Crippen molar-refractivity contribution in [2.45, 2.75) is 60.0 Å². The summed E-state index contributed by atoms with van der Waals surface area (Å²) in [4.78, 5) is 23.7. The van der Waals surface area contributed by atoms with Crippen LogP contribution in [0.5, 0.6) is 0 Å². The summed E-state index contributed by atoms with van der Waals surface area (Å²) in [6, 6.07) is 7.51. The molecule has 4 heteroatoms. The quantitative estimate of drug-likeness (QED) is 0.653. The molecular formula is C20H30O4. The molecule has 2 atom stereocenters. The Bertz CT molecular complexity index is 531. The normalized spacial score (nSPS) is 13.7. The summed E-state index contributed by atoms with van der Waals surface area (Å²) in [6.45, 7) is 12.4. The Morgan fingerprint density at radius 1 is 1.00 bits per heavy atom. The van der Waals surface area contributed by atoms with Crippen LogP contribution >= 0.6 is 0 Å². The first-order chi connectivity index (χ1) is 11.3. The lowest BCUT2D eigenvalue weighted by atomic mass is 9.82. The Hall–Kier alpha value is -1.84. The van der Waals surface area contributed by atoms with E-state index in [0.717, 1.165) is 6.42 Å². The van der Waals surface area contributed by atoms with Gasteiger partial charge in [0.2, 0.25) is 0 Å². The molecule has 1 rings (SSSR count). The molecule has 0 amide bonds. The van der Waals surface area contributed by atoms with Gasteiger partial charge in [0.05, 0.1) is 12.2 Å². The van der Waals surface area contributed by atoms with Crippen molar-refractivity contribution in [3.8, 4) is 0 Å². The van der Waals surface area contributed by atoms with E-state index in [2.05, 4.69) is 27.7 Å². The van der Waals surface area contributed by atoms with Crippen molar-refractivity contribution in [1.82, 2.24) is 0 Å². The summed E-state index contributed by atoms with van der Waals surface area (Å²) in [5.74, 6) is 0.585. The predicted molar refractivity (Wildman–Crippen MR) is 95.0 cm³/mol. The van der Waals surface area contributed by atoms with Crippen LogP contribution in [0, 0.1) is 11.8 Å². The molecule has 134 valence electrons. The van der Waals surface area contributed by atoms with Crippen LogP contribution < -0.4 is 0 Å². The maximum atomic E-state index is 12.1. The van der Waals surface area contributed by atoms with Crippen LogP contribution in [0.15, 0.2) is 24.3 Å². The maximum Gasteiger partial charge on any atom is 0.347 e. The molecule has 0 bridgehead atoms. The van der Waals surface area contributed by atoms with Gasteiger partial charge in [-0.05, 0) is 55.7 Å². The maximum absolute atomic E-state index is 12.1. The molecule has 0 saturated heterocycles. The SMILES string of the molecule is CCOC(=O)C(C)OC(=O)c1ccc(C(CC(C)C)C(C)C)cc1. The van der Waals surface area contributed by atoms with E-state index in [0.29, 0.717) is 23.3 Å². The monoisotopic (exact) mass is 334 g/mol. The molecule has 1 aromatic carbocycles. The second-order valence-electron chi connectivity index (χ2n) is 6.90.